The maximum absolute atomic E-state index is 7.92. The molecule has 0 bridgehead atoms. The molecule has 0 aliphatic rings. The summed E-state index contributed by atoms with van der Waals surface area (Å²) in [6.45, 7) is 1.09. The van der Waals surface area contributed by atoms with Gasteiger partial charge in [0.2, 0.25) is 0 Å². The molecule has 0 fully saturated rings. The first kappa shape index (κ1) is 19.2. The molecule has 5 nitrogen and oxygen atoms in total. The summed E-state index contributed by atoms with van der Waals surface area (Å²) in [5.41, 5.74) is 8.66. The van der Waals surface area contributed by atoms with Crippen molar-refractivity contribution >= 4 is 34.0 Å². The lowest BCUT2D eigenvalue weighted by molar-refractivity contribution is 0.318. The first-order chi connectivity index (χ1) is 13.2. The first-order valence-electron chi connectivity index (χ1n) is 8.57. The third kappa shape index (κ3) is 5.21. The van der Waals surface area contributed by atoms with Crippen molar-refractivity contribution < 1.29 is 4.74 Å². The number of nitrogens with two attached hydrogens (primary N) is 1. The van der Waals surface area contributed by atoms with E-state index in [1.54, 1.807) is 4.90 Å². The van der Waals surface area contributed by atoms with E-state index in [0.29, 0.717) is 24.2 Å². The van der Waals surface area contributed by atoms with E-state index < -0.39 is 0 Å². The SMILES string of the molecule is N=C(N)N(Cc1ccccc1)c1nc(-c2cccc(OCCCCl)c2)cs1. The minimum absolute atomic E-state index is 0.0297. The Kier molecular flexibility index (Phi) is 6.68. The second-order valence-electron chi connectivity index (χ2n) is 5.89. The average molecular weight is 401 g/mol. The Hall–Kier alpha value is -2.57. The van der Waals surface area contributed by atoms with Crippen LogP contribution < -0.4 is 15.4 Å². The van der Waals surface area contributed by atoms with Gasteiger partial charge in [-0.25, -0.2) is 4.98 Å². The number of rotatable bonds is 8. The van der Waals surface area contributed by atoms with Gasteiger partial charge in [0.15, 0.2) is 11.1 Å². The smallest absolute Gasteiger partial charge is 0.195 e. The summed E-state index contributed by atoms with van der Waals surface area (Å²) in [4.78, 5) is 6.38. The van der Waals surface area contributed by atoms with Crippen LogP contribution in [0.15, 0.2) is 60.0 Å². The number of anilines is 1. The summed E-state index contributed by atoms with van der Waals surface area (Å²) in [6, 6.07) is 17.7. The highest BCUT2D eigenvalue weighted by atomic mass is 35.5. The van der Waals surface area contributed by atoms with Crippen LogP contribution in [0.25, 0.3) is 11.3 Å². The molecule has 0 saturated heterocycles. The number of guanidine groups is 1. The largest absolute Gasteiger partial charge is 0.494 e. The van der Waals surface area contributed by atoms with Gasteiger partial charge in [0, 0.05) is 16.8 Å². The van der Waals surface area contributed by atoms with E-state index in [-0.39, 0.29) is 5.96 Å². The van der Waals surface area contributed by atoms with Gasteiger partial charge in [0.05, 0.1) is 18.8 Å². The molecule has 1 aromatic heterocycles. The van der Waals surface area contributed by atoms with E-state index in [0.717, 1.165) is 29.0 Å². The van der Waals surface area contributed by atoms with Crippen LogP contribution in [0.5, 0.6) is 5.75 Å². The first-order valence-corrected chi connectivity index (χ1v) is 9.99. The van der Waals surface area contributed by atoms with E-state index in [1.807, 2.05) is 60.0 Å². The summed E-state index contributed by atoms with van der Waals surface area (Å²) in [5.74, 6) is 1.34. The van der Waals surface area contributed by atoms with Gasteiger partial charge in [-0.15, -0.1) is 22.9 Å². The molecule has 0 aliphatic heterocycles. The number of alkyl halides is 1. The standard InChI is InChI=1S/C20H21ClN4OS/c21-10-5-11-26-17-9-4-8-16(12-17)18-14-27-20(24-18)25(19(22)23)13-15-6-2-1-3-7-15/h1-4,6-9,12,14H,5,10-11,13H2,(H3,22,23). The molecule has 3 aromatic rings. The quantitative estimate of drug-likeness (QED) is 0.248. The van der Waals surface area contributed by atoms with Crippen LogP contribution in [0.1, 0.15) is 12.0 Å². The third-order valence-corrected chi connectivity index (χ3v) is 5.00. The Morgan fingerprint density at radius 1 is 1.19 bits per heavy atom. The molecule has 140 valence electrons. The van der Waals surface area contributed by atoms with Gasteiger partial charge in [-0.1, -0.05) is 42.5 Å². The van der Waals surface area contributed by atoms with Crippen LogP contribution in [0, 0.1) is 5.41 Å². The van der Waals surface area contributed by atoms with Crippen molar-refractivity contribution in [2.24, 2.45) is 5.73 Å². The molecule has 7 heteroatoms. The van der Waals surface area contributed by atoms with E-state index in [9.17, 15) is 0 Å². The molecular weight excluding hydrogens is 380 g/mol. The number of nitrogens with zero attached hydrogens (tertiary/aromatic N) is 2. The van der Waals surface area contributed by atoms with Gasteiger partial charge in [0.1, 0.15) is 5.75 Å². The molecule has 1 heterocycles. The highest BCUT2D eigenvalue weighted by molar-refractivity contribution is 7.14. The topological polar surface area (TPSA) is 75.2 Å². The van der Waals surface area contributed by atoms with Crippen molar-refractivity contribution in [3.05, 3.63) is 65.5 Å². The normalized spacial score (nSPS) is 10.6. The number of hydrogen-bond donors (Lipinski definition) is 2. The van der Waals surface area contributed by atoms with Crippen molar-refractivity contribution in [2.45, 2.75) is 13.0 Å². The number of halogens is 1. The number of hydrogen-bond acceptors (Lipinski definition) is 4. The van der Waals surface area contributed by atoms with Crippen molar-refractivity contribution in [2.75, 3.05) is 17.4 Å². The highest BCUT2D eigenvalue weighted by Crippen LogP contribution is 2.30. The highest BCUT2D eigenvalue weighted by Gasteiger charge is 2.15. The maximum atomic E-state index is 7.92. The summed E-state index contributed by atoms with van der Waals surface area (Å²) >= 11 is 7.15. The maximum Gasteiger partial charge on any atom is 0.195 e. The zero-order valence-corrected chi connectivity index (χ0v) is 16.3. The molecule has 0 atom stereocenters. The zero-order chi connectivity index (χ0) is 19.1. The second kappa shape index (κ2) is 9.39. The van der Waals surface area contributed by atoms with Crippen molar-refractivity contribution in [3.8, 4) is 17.0 Å². The number of ether oxygens (including phenoxy) is 1. The molecule has 0 amide bonds. The number of thiazole rings is 1. The van der Waals surface area contributed by atoms with E-state index in [4.69, 9.17) is 27.5 Å². The van der Waals surface area contributed by atoms with Gasteiger partial charge in [-0.2, -0.15) is 0 Å². The van der Waals surface area contributed by atoms with Crippen molar-refractivity contribution in [3.63, 3.8) is 0 Å². The Balaban J connectivity index is 1.78. The summed E-state index contributed by atoms with van der Waals surface area (Å²) in [6.07, 6.45) is 0.805. The van der Waals surface area contributed by atoms with Crippen molar-refractivity contribution in [1.29, 1.82) is 5.41 Å². The lowest BCUT2D eigenvalue weighted by Crippen LogP contribution is -2.35. The Morgan fingerprint density at radius 3 is 2.74 bits per heavy atom. The predicted octanol–water partition coefficient (Wildman–Crippen LogP) is 4.72. The van der Waals surface area contributed by atoms with Crippen LogP contribution in [-0.4, -0.2) is 23.4 Å². The minimum atomic E-state index is -0.0297. The number of aromatic nitrogens is 1. The van der Waals surface area contributed by atoms with Crippen molar-refractivity contribution in [1.82, 2.24) is 4.98 Å². The van der Waals surface area contributed by atoms with Crippen LogP contribution >= 0.6 is 22.9 Å². The van der Waals surface area contributed by atoms with Crippen LogP contribution in [-0.2, 0) is 6.54 Å². The Bertz CT molecular complexity index is 884. The van der Waals surface area contributed by atoms with Gasteiger partial charge in [-0.05, 0) is 24.1 Å². The molecular formula is C20H21ClN4OS. The fourth-order valence-electron chi connectivity index (χ4n) is 2.53. The third-order valence-electron chi connectivity index (χ3n) is 3.87. The molecule has 27 heavy (non-hydrogen) atoms. The van der Waals surface area contributed by atoms with Gasteiger partial charge in [0.25, 0.3) is 0 Å². The summed E-state index contributed by atoms with van der Waals surface area (Å²) < 4.78 is 5.71. The molecule has 3 N–H and O–H groups in total. The number of benzene rings is 2. The molecule has 3 rings (SSSR count). The van der Waals surface area contributed by atoms with E-state index >= 15 is 0 Å². The van der Waals surface area contributed by atoms with Crippen LogP contribution in [0.2, 0.25) is 0 Å². The fraction of sp³-hybridized carbons (Fsp3) is 0.200. The zero-order valence-electron chi connectivity index (χ0n) is 14.8. The van der Waals surface area contributed by atoms with E-state index in [2.05, 4.69) is 4.98 Å². The molecule has 0 spiro atoms. The molecule has 0 aliphatic carbocycles. The van der Waals surface area contributed by atoms with E-state index in [1.165, 1.54) is 11.3 Å². The molecule has 2 aromatic carbocycles. The molecule has 0 unspecified atom stereocenters. The second-order valence-corrected chi connectivity index (χ2v) is 7.11. The van der Waals surface area contributed by atoms with Crippen LogP contribution in [0.4, 0.5) is 5.13 Å². The summed E-state index contributed by atoms with van der Waals surface area (Å²) in [7, 11) is 0. The lowest BCUT2D eigenvalue weighted by Gasteiger charge is -2.19. The monoisotopic (exact) mass is 400 g/mol. The fourth-order valence-corrected chi connectivity index (χ4v) is 3.49. The predicted molar refractivity (Wildman–Crippen MR) is 113 cm³/mol. The Labute approximate surface area is 167 Å². The van der Waals surface area contributed by atoms with Crippen LogP contribution in [0.3, 0.4) is 0 Å². The summed E-state index contributed by atoms with van der Waals surface area (Å²) in [5, 5.41) is 10.6. The molecule has 0 saturated carbocycles. The number of nitrogens with one attached hydrogen (secondary N) is 1. The molecule has 0 radical (unpaired) electrons. The minimum Gasteiger partial charge on any atom is -0.494 e. The van der Waals surface area contributed by atoms with Gasteiger partial charge >= 0.3 is 0 Å². The van der Waals surface area contributed by atoms with Gasteiger partial charge < -0.3 is 10.5 Å². The van der Waals surface area contributed by atoms with Gasteiger partial charge in [-0.3, -0.25) is 10.3 Å². The Morgan fingerprint density at radius 2 is 2.00 bits per heavy atom. The average Bonchev–Trinajstić information content (AvgIpc) is 3.17. The lowest BCUT2D eigenvalue weighted by atomic mass is 10.2.